The molecule has 0 spiro atoms. The van der Waals surface area contributed by atoms with Crippen molar-refractivity contribution in [1.82, 2.24) is 5.32 Å². The lowest BCUT2D eigenvalue weighted by molar-refractivity contribution is 0.102. The van der Waals surface area contributed by atoms with Gasteiger partial charge in [-0.1, -0.05) is 25.6 Å². The Balaban J connectivity index is 2.19. The number of nitrogens with one attached hydrogen (secondary N) is 1. The van der Waals surface area contributed by atoms with E-state index in [1.54, 1.807) is 45.2 Å². The van der Waals surface area contributed by atoms with Crippen molar-refractivity contribution in [3.05, 3.63) is 51.8 Å². The van der Waals surface area contributed by atoms with Crippen molar-refractivity contribution in [1.29, 1.82) is 10.5 Å². The number of dihydropyridines is 1. The van der Waals surface area contributed by atoms with Gasteiger partial charge in [-0.2, -0.15) is 10.5 Å². The molecule has 0 fully saturated rings. The number of hydrogen-bond acceptors (Lipinski definition) is 7. The number of thioether (sulfide) groups is 1. The topological polar surface area (TPSA) is 112 Å². The molecule has 7 heteroatoms. The van der Waals surface area contributed by atoms with E-state index in [1.165, 1.54) is 11.8 Å². The van der Waals surface area contributed by atoms with Gasteiger partial charge in [0.25, 0.3) is 0 Å². The number of Topliss-reactive ketones (excluding diaryl/α,β-unsaturated/α-hetero) is 1. The zero-order valence-electron chi connectivity index (χ0n) is 14.2. The van der Waals surface area contributed by atoms with Crippen LogP contribution in [0.4, 0.5) is 0 Å². The van der Waals surface area contributed by atoms with E-state index in [-0.39, 0.29) is 17.4 Å². The SMILES string of the molecule is COc1ccc(C(=O)CSC2=C(C#N)C(C)(C)C(C#N)=C(N)N2)cc1. The van der Waals surface area contributed by atoms with E-state index in [4.69, 9.17) is 10.5 Å². The molecule has 0 atom stereocenters. The van der Waals surface area contributed by atoms with Gasteiger partial charge < -0.3 is 15.8 Å². The fraction of sp³-hybridized carbons (Fsp3) is 0.278. The van der Waals surface area contributed by atoms with Crippen LogP contribution < -0.4 is 15.8 Å². The summed E-state index contributed by atoms with van der Waals surface area (Å²) in [5.41, 5.74) is 6.38. The average Bonchev–Trinajstić information content (AvgIpc) is 2.59. The van der Waals surface area contributed by atoms with Crippen molar-refractivity contribution in [2.75, 3.05) is 12.9 Å². The Labute approximate surface area is 150 Å². The van der Waals surface area contributed by atoms with Crippen LogP contribution in [0.25, 0.3) is 0 Å². The van der Waals surface area contributed by atoms with Gasteiger partial charge in [0.2, 0.25) is 0 Å². The van der Waals surface area contributed by atoms with Gasteiger partial charge in [-0.05, 0) is 24.3 Å². The molecule has 6 nitrogen and oxygen atoms in total. The first kappa shape index (κ1) is 18.4. The molecule has 1 aromatic carbocycles. The lowest BCUT2D eigenvalue weighted by atomic mass is 9.77. The molecule has 0 saturated heterocycles. The summed E-state index contributed by atoms with van der Waals surface area (Å²) in [4.78, 5) is 12.4. The third-order valence-electron chi connectivity index (χ3n) is 3.98. The van der Waals surface area contributed by atoms with E-state index in [1.807, 2.05) is 6.07 Å². The minimum Gasteiger partial charge on any atom is -0.497 e. The third kappa shape index (κ3) is 3.62. The van der Waals surface area contributed by atoms with Crippen LogP contribution >= 0.6 is 11.8 Å². The lowest BCUT2D eigenvalue weighted by Gasteiger charge is -2.31. The maximum absolute atomic E-state index is 12.4. The molecular weight excluding hydrogens is 336 g/mol. The predicted molar refractivity (Wildman–Crippen MR) is 96.2 cm³/mol. The van der Waals surface area contributed by atoms with Crippen LogP contribution in [0.15, 0.2) is 46.3 Å². The summed E-state index contributed by atoms with van der Waals surface area (Å²) in [6, 6.07) is 11.0. The first-order valence-corrected chi connectivity index (χ1v) is 8.46. The van der Waals surface area contributed by atoms with Gasteiger partial charge in [0.1, 0.15) is 11.6 Å². The highest BCUT2D eigenvalue weighted by molar-refractivity contribution is 8.03. The fourth-order valence-corrected chi connectivity index (χ4v) is 3.56. The Kier molecular flexibility index (Phi) is 5.41. The summed E-state index contributed by atoms with van der Waals surface area (Å²) in [6.45, 7) is 3.54. The van der Waals surface area contributed by atoms with E-state index in [0.717, 1.165) is 0 Å². The summed E-state index contributed by atoms with van der Waals surface area (Å²) < 4.78 is 5.07. The number of rotatable bonds is 5. The Morgan fingerprint density at radius 2 is 1.84 bits per heavy atom. The molecule has 0 unspecified atom stereocenters. The summed E-state index contributed by atoms with van der Waals surface area (Å²) in [5.74, 6) is 0.957. The van der Waals surface area contributed by atoms with Gasteiger partial charge >= 0.3 is 0 Å². The number of nitriles is 2. The van der Waals surface area contributed by atoms with E-state index in [9.17, 15) is 15.3 Å². The second-order valence-corrected chi connectivity index (χ2v) is 6.89. The van der Waals surface area contributed by atoms with E-state index >= 15 is 0 Å². The molecule has 2 rings (SSSR count). The van der Waals surface area contributed by atoms with Gasteiger partial charge in [-0.25, -0.2) is 0 Å². The number of methoxy groups -OCH3 is 1. The molecule has 1 aliphatic heterocycles. The molecule has 1 heterocycles. The second-order valence-electron chi connectivity index (χ2n) is 5.91. The number of ketones is 1. The first-order valence-electron chi connectivity index (χ1n) is 7.47. The number of benzene rings is 1. The summed E-state index contributed by atoms with van der Waals surface area (Å²) in [7, 11) is 1.56. The highest BCUT2D eigenvalue weighted by atomic mass is 32.2. The normalized spacial score (nSPS) is 15.9. The van der Waals surface area contributed by atoms with Crippen LogP contribution in [-0.4, -0.2) is 18.6 Å². The Morgan fingerprint density at radius 3 is 2.36 bits per heavy atom. The van der Waals surface area contributed by atoms with Crippen LogP contribution in [0.5, 0.6) is 5.75 Å². The standard InChI is InChI=1S/C18H18N4O2S/c1-18(2)13(8-19)16(21)22-17(14(18)9-20)25-10-15(23)11-4-6-12(24-3)7-5-11/h4-7,22H,10,21H2,1-3H3. The molecule has 0 saturated carbocycles. The van der Waals surface area contributed by atoms with Crippen LogP contribution in [0.2, 0.25) is 0 Å². The summed E-state index contributed by atoms with van der Waals surface area (Å²) >= 11 is 1.20. The number of nitrogens with zero attached hydrogens (tertiary/aromatic N) is 2. The number of ether oxygens (including phenoxy) is 1. The maximum Gasteiger partial charge on any atom is 0.173 e. The predicted octanol–water partition coefficient (Wildman–Crippen LogP) is 2.67. The molecule has 25 heavy (non-hydrogen) atoms. The van der Waals surface area contributed by atoms with Crippen molar-refractivity contribution < 1.29 is 9.53 Å². The van der Waals surface area contributed by atoms with Gasteiger partial charge in [-0.3, -0.25) is 4.79 Å². The van der Waals surface area contributed by atoms with Crippen LogP contribution in [0.1, 0.15) is 24.2 Å². The molecule has 1 aliphatic rings. The second kappa shape index (κ2) is 7.33. The Morgan fingerprint density at radius 1 is 1.24 bits per heavy atom. The summed E-state index contributed by atoms with van der Waals surface area (Å²) in [6.07, 6.45) is 0. The maximum atomic E-state index is 12.4. The highest BCUT2D eigenvalue weighted by Gasteiger charge is 2.37. The molecule has 0 amide bonds. The van der Waals surface area contributed by atoms with Gasteiger partial charge in [0, 0.05) is 11.0 Å². The zero-order valence-corrected chi connectivity index (χ0v) is 15.0. The van der Waals surface area contributed by atoms with Crippen LogP contribution in [-0.2, 0) is 0 Å². The molecule has 3 N–H and O–H groups in total. The molecule has 0 aromatic heterocycles. The molecule has 0 aliphatic carbocycles. The van der Waals surface area contributed by atoms with Crippen LogP contribution in [0, 0.1) is 28.1 Å². The van der Waals surface area contributed by atoms with Crippen molar-refractivity contribution in [2.24, 2.45) is 11.1 Å². The van der Waals surface area contributed by atoms with Crippen LogP contribution in [0.3, 0.4) is 0 Å². The van der Waals surface area contributed by atoms with Gasteiger partial charge in [-0.15, -0.1) is 0 Å². The Bertz CT molecular complexity index is 839. The van der Waals surface area contributed by atoms with Crippen molar-refractivity contribution >= 4 is 17.5 Å². The monoisotopic (exact) mass is 354 g/mol. The molecular formula is C18H18N4O2S. The molecule has 128 valence electrons. The van der Waals surface area contributed by atoms with Crippen molar-refractivity contribution in [2.45, 2.75) is 13.8 Å². The first-order chi connectivity index (χ1) is 11.8. The van der Waals surface area contributed by atoms with E-state index in [0.29, 0.717) is 27.5 Å². The molecule has 0 radical (unpaired) electrons. The number of carbonyl (C=O) groups excluding carboxylic acids is 1. The van der Waals surface area contributed by atoms with Gasteiger partial charge in [0.15, 0.2) is 5.78 Å². The number of nitrogens with two attached hydrogens (primary N) is 1. The number of carbonyl (C=O) groups is 1. The third-order valence-corrected chi connectivity index (χ3v) is 4.98. The van der Waals surface area contributed by atoms with Crippen molar-refractivity contribution in [3.8, 4) is 17.9 Å². The largest absolute Gasteiger partial charge is 0.497 e. The lowest BCUT2D eigenvalue weighted by Crippen LogP contribution is -2.34. The number of hydrogen-bond donors (Lipinski definition) is 2. The molecule has 1 aromatic rings. The molecule has 0 bridgehead atoms. The quantitative estimate of drug-likeness (QED) is 0.782. The zero-order chi connectivity index (χ0) is 18.6. The van der Waals surface area contributed by atoms with E-state index in [2.05, 4.69) is 11.4 Å². The Hall–Kier alpha value is -2.90. The van der Waals surface area contributed by atoms with E-state index < -0.39 is 5.41 Å². The minimum absolute atomic E-state index is 0.0781. The number of allylic oxidation sites excluding steroid dienone is 2. The smallest absolute Gasteiger partial charge is 0.173 e. The van der Waals surface area contributed by atoms with Crippen molar-refractivity contribution in [3.63, 3.8) is 0 Å². The highest BCUT2D eigenvalue weighted by Crippen LogP contribution is 2.41. The minimum atomic E-state index is -0.801. The average molecular weight is 354 g/mol. The summed E-state index contributed by atoms with van der Waals surface area (Å²) in [5, 5.41) is 22.2. The van der Waals surface area contributed by atoms with Gasteiger partial charge in [0.05, 0.1) is 41.2 Å². The fourth-order valence-electron chi connectivity index (χ4n) is 2.49.